The van der Waals surface area contributed by atoms with Crippen molar-refractivity contribution in [2.45, 2.75) is 32.6 Å². The van der Waals surface area contributed by atoms with E-state index in [-0.39, 0.29) is 6.23 Å². The second-order valence-electron chi connectivity index (χ2n) is 5.09. The van der Waals surface area contributed by atoms with Gasteiger partial charge >= 0.3 is 0 Å². The quantitative estimate of drug-likeness (QED) is 0.819. The lowest BCUT2D eigenvalue weighted by atomic mass is 10.0. The van der Waals surface area contributed by atoms with E-state index in [0.29, 0.717) is 6.10 Å². The third-order valence-corrected chi connectivity index (χ3v) is 3.77. The fourth-order valence-corrected chi connectivity index (χ4v) is 2.66. The summed E-state index contributed by atoms with van der Waals surface area (Å²) in [6.07, 6.45) is 1.47. The molecule has 0 aliphatic carbocycles. The molecule has 0 aromatic heterocycles. The zero-order chi connectivity index (χ0) is 13.1. The number of nitrogens with zero attached hydrogens (tertiary/aromatic N) is 1. The summed E-state index contributed by atoms with van der Waals surface area (Å²) in [6, 6.07) is 6.54. The lowest BCUT2D eigenvalue weighted by Gasteiger charge is -2.28. The molecular formula is C15H23NO2. The Bertz CT molecular complexity index is 405. The molecule has 100 valence electrons. The minimum Gasteiger partial charge on any atom is -0.380 e. The van der Waals surface area contributed by atoms with Crippen molar-refractivity contribution in [3.05, 3.63) is 34.9 Å². The van der Waals surface area contributed by atoms with Crippen LogP contribution in [0.25, 0.3) is 0 Å². The Morgan fingerprint density at radius 3 is 2.67 bits per heavy atom. The van der Waals surface area contributed by atoms with Crippen molar-refractivity contribution >= 4 is 0 Å². The Balaban J connectivity index is 2.20. The number of methoxy groups -OCH3 is 2. The lowest BCUT2D eigenvalue weighted by molar-refractivity contribution is -0.0301. The van der Waals surface area contributed by atoms with Gasteiger partial charge in [0.1, 0.15) is 6.23 Å². The molecule has 1 aliphatic rings. The maximum absolute atomic E-state index is 5.72. The minimum atomic E-state index is 0.0463. The van der Waals surface area contributed by atoms with Crippen LogP contribution in [0.3, 0.4) is 0 Å². The van der Waals surface area contributed by atoms with Crippen LogP contribution in [0.4, 0.5) is 0 Å². The summed E-state index contributed by atoms with van der Waals surface area (Å²) in [5, 5.41) is 0. The number of ether oxygens (including phenoxy) is 2. The highest BCUT2D eigenvalue weighted by Crippen LogP contribution is 2.29. The van der Waals surface area contributed by atoms with Crippen LogP contribution in [0.2, 0.25) is 0 Å². The molecule has 2 atom stereocenters. The van der Waals surface area contributed by atoms with E-state index < -0.39 is 0 Å². The normalized spacial score (nSPS) is 22.3. The average Bonchev–Trinajstić information content (AvgIpc) is 2.83. The van der Waals surface area contributed by atoms with Gasteiger partial charge in [0, 0.05) is 27.3 Å². The zero-order valence-corrected chi connectivity index (χ0v) is 11.8. The lowest BCUT2D eigenvalue weighted by Crippen LogP contribution is -2.29. The zero-order valence-electron chi connectivity index (χ0n) is 11.8. The van der Waals surface area contributed by atoms with Crippen molar-refractivity contribution in [3.63, 3.8) is 0 Å². The van der Waals surface area contributed by atoms with Crippen molar-refractivity contribution in [3.8, 4) is 0 Å². The van der Waals surface area contributed by atoms with Gasteiger partial charge in [-0.3, -0.25) is 4.90 Å². The summed E-state index contributed by atoms with van der Waals surface area (Å²) in [6.45, 7) is 6.25. The fourth-order valence-electron chi connectivity index (χ4n) is 2.66. The highest BCUT2D eigenvalue weighted by Gasteiger charge is 2.29. The number of benzene rings is 1. The Morgan fingerprint density at radius 1 is 1.28 bits per heavy atom. The van der Waals surface area contributed by atoms with Crippen molar-refractivity contribution in [1.82, 2.24) is 4.90 Å². The predicted molar refractivity (Wildman–Crippen MR) is 72.7 cm³/mol. The van der Waals surface area contributed by atoms with Gasteiger partial charge in [0.2, 0.25) is 0 Å². The van der Waals surface area contributed by atoms with Crippen LogP contribution in [-0.2, 0) is 9.47 Å². The van der Waals surface area contributed by atoms with Gasteiger partial charge in [0.15, 0.2) is 0 Å². The number of hydrogen-bond acceptors (Lipinski definition) is 3. The van der Waals surface area contributed by atoms with Crippen LogP contribution >= 0.6 is 0 Å². The SMILES string of the molecule is COC1CCN(C(OC)c2cc(C)ccc2C)C1. The van der Waals surface area contributed by atoms with Crippen molar-refractivity contribution in [2.24, 2.45) is 0 Å². The van der Waals surface area contributed by atoms with E-state index in [9.17, 15) is 0 Å². The molecular weight excluding hydrogens is 226 g/mol. The standard InChI is InChI=1S/C15H23NO2/c1-11-5-6-12(2)14(9-11)15(18-4)16-8-7-13(10-16)17-3/h5-6,9,13,15H,7-8,10H2,1-4H3. The summed E-state index contributed by atoms with van der Waals surface area (Å²) in [5.74, 6) is 0. The fraction of sp³-hybridized carbons (Fsp3) is 0.600. The smallest absolute Gasteiger partial charge is 0.136 e. The molecule has 1 saturated heterocycles. The number of likely N-dealkylation sites (tertiary alicyclic amines) is 1. The van der Waals surface area contributed by atoms with Crippen LogP contribution < -0.4 is 0 Å². The van der Waals surface area contributed by atoms with Crippen molar-refractivity contribution < 1.29 is 9.47 Å². The van der Waals surface area contributed by atoms with Gasteiger partial charge in [-0.05, 0) is 31.4 Å². The molecule has 0 radical (unpaired) electrons. The molecule has 3 heteroatoms. The molecule has 1 aromatic carbocycles. The molecule has 3 nitrogen and oxygen atoms in total. The van der Waals surface area contributed by atoms with Gasteiger partial charge in [0.25, 0.3) is 0 Å². The predicted octanol–water partition coefficient (Wildman–Crippen LogP) is 2.67. The van der Waals surface area contributed by atoms with Crippen LogP contribution in [0.1, 0.15) is 29.3 Å². The van der Waals surface area contributed by atoms with Gasteiger partial charge < -0.3 is 9.47 Å². The highest BCUT2D eigenvalue weighted by atomic mass is 16.5. The van der Waals surface area contributed by atoms with E-state index in [4.69, 9.17) is 9.47 Å². The molecule has 0 amide bonds. The van der Waals surface area contributed by atoms with E-state index in [1.807, 2.05) is 0 Å². The average molecular weight is 249 g/mol. The van der Waals surface area contributed by atoms with Gasteiger partial charge in [-0.2, -0.15) is 0 Å². The van der Waals surface area contributed by atoms with Crippen LogP contribution in [0.5, 0.6) is 0 Å². The first-order valence-corrected chi connectivity index (χ1v) is 6.52. The molecule has 1 aliphatic heterocycles. The Hall–Kier alpha value is -0.900. The first-order chi connectivity index (χ1) is 8.65. The number of hydrogen-bond donors (Lipinski definition) is 0. The molecule has 0 bridgehead atoms. The van der Waals surface area contributed by atoms with E-state index in [1.165, 1.54) is 16.7 Å². The highest BCUT2D eigenvalue weighted by molar-refractivity contribution is 5.32. The van der Waals surface area contributed by atoms with E-state index >= 15 is 0 Å². The van der Waals surface area contributed by atoms with Gasteiger partial charge in [-0.1, -0.05) is 23.8 Å². The topological polar surface area (TPSA) is 21.7 Å². The maximum Gasteiger partial charge on any atom is 0.136 e. The molecule has 1 aromatic rings. The Labute approximate surface area is 110 Å². The molecule has 0 N–H and O–H groups in total. The number of rotatable bonds is 4. The maximum atomic E-state index is 5.72. The molecule has 0 spiro atoms. The molecule has 1 fully saturated rings. The van der Waals surface area contributed by atoms with E-state index in [2.05, 4.69) is 36.9 Å². The molecule has 1 heterocycles. The molecule has 2 unspecified atom stereocenters. The first kappa shape index (κ1) is 13.5. The Morgan fingerprint density at radius 2 is 2.06 bits per heavy atom. The van der Waals surface area contributed by atoms with E-state index in [0.717, 1.165) is 19.5 Å². The van der Waals surface area contributed by atoms with Crippen LogP contribution in [0.15, 0.2) is 18.2 Å². The van der Waals surface area contributed by atoms with Gasteiger partial charge in [0.05, 0.1) is 6.10 Å². The summed E-state index contributed by atoms with van der Waals surface area (Å²) in [5.41, 5.74) is 3.84. The van der Waals surface area contributed by atoms with Gasteiger partial charge in [-0.15, -0.1) is 0 Å². The largest absolute Gasteiger partial charge is 0.380 e. The minimum absolute atomic E-state index is 0.0463. The second-order valence-corrected chi connectivity index (χ2v) is 5.09. The first-order valence-electron chi connectivity index (χ1n) is 6.52. The van der Waals surface area contributed by atoms with Gasteiger partial charge in [-0.25, -0.2) is 0 Å². The van der Waals surface area contributed by atoms with E-state index in [1.54, 1.807) is 14.2 Å². The molecule has 0 saturated carbocycles. The van der Waals surface area contributed by atoms with Crippen molar-refractivity contribution in [2.75, 3.05) is 27.3 Å². The third kappa shape index (κ3) is 2.74. The summed E-state index contributed by atoms with van der Waals surface area (Å²) < 4.78 is 11.1. The second kappa shape index (κ2) is 5.83. The monoisotopic (exact) mass is 249 g/mol. The van der Waals surface area contributed by atoms with Crippen LogP contribution in [-0.4, -0.2) is 38.3 Å². The van der Waals surface area contributed by atoms with Crippen molar-refractivity contribution in [1.29, 1.82) is 0 Å². The summed E-state index contributed by atoms with van der Waals surface area (Å²) in [4.78, 5) is 2.36. The summed E-state index contributed by atoms with van der Waals surface area (Å²) >= 11 is 0. The number of aryl methyl sites for hydroxylation is 2. The van der Waals surface area contributed by atoms with Crippen LogP contribution in [0, 0.1) is 13.8 Å². The third-order valence-electron chi connectivity index (χ3n) is 3.77. The molecule has 2 rings (SSSR count). The molecule has 18 heavy (non-hydrogen) atoms. The summed E-state index contributed by atoms with van der Waals surface area (Å²) in [7, 11) is 3.57. The Kier molecular flexibility index (Phi) is 4.38.